The van der Waals surface area contributed by atoms with Gasteiger partial charge in [-0.15, -0.1) is 0 Å². The first kappa shape index (κ1) is 20.8. The van der Waals surface area contributed by atoms with Crippen molar-refractivity contribution in [1.29, 1.82) is 0 Å². The van der Waals surface area contributed by atoms with E-state index in [4.69, 9.17) is 9.52 Å². The Morgan fingerprint density at radius 1 is 1.19 bits per heavy atom. The summed E-state index contributed by atoms with van der Waals surface area (Å²) < 4.78 is 5.32. The van der Waals surface area contributed by atoms with Crippen LogP contribution >= 0.6 is 0 Å². The van der Waals surface area contributed by atoms with Gasteiger partial charge in [-0.1, -0.05) is 29.4 Å². The number of piperidine rings is 1. The van der Waals surface area contributed by atoms with Crippen LogP contribution in [0.2, 0.25) is 0 Å². The van der Waals surface area contributed by atoms with Crippen molar-refractivity contribution in [3.05, 3.63) is 60.6 Å². The average Bonchev–Trinajstić information content (AvgIpc) is 3.30. The Morgan fingerprint density at radius 3 is 2.87 bits per heavy atom. The second kappa shape index (κ2) is 10.6. The second-order valence-corrected chi connectivity index (χ2v) is 7.51. The van der Waals surface area contributed by atoms with Crippen LogP contribution < -0.4 is 15.5 Å². The zero-order valence-electron chi connectivity index (χ0n) is 17.9. The molecule has 0 saturated carbocycles. The lowest BCUT2D eigenvalue weighted by Gasteiger charge is -2.35. The molecule has 1 aliphatic heterocycles. The smallest absolute Gasteiger partial charge is 0.276 e. The number of hydrogen-bond donors (Lipinski definition) is 2. The van der Waals surface area contributed by atoms with E-state index < -0.39 is 0 Å². The molecule has 8 nitrogen and oxygen atoms in total. The molecule has 1 unspecified atom stereocenters. The molecule has 1 aromatic carbocycles. The Morgan fingerprint density at radius 2 is 2.06 bits per heavy atom. The molecular weight excluding hydrogens is 390 g/mol. The molecule has 1 atom stereocenters. The molecule has 1 saturated heterocycles. The summed E-state index contributed by atoms with van der Waals surface area (Å²) >= 11 is 0. The number of hydrogen-bond acceptors (Lipinski definition) is 6. The number of nitrogens with one attached hydrogen (secondary N) is 2. The monoisotopic (exact) mass is 419 g/mol. The minimum atomic E-state index is 0.354. The number of anilines is 1. The van der Waals surface area contributed by atoms with E-state index in [1.165, 1.54) is 5.69 Å². The molecule has 2 N–H and O–H groups in total. The molecule has 0 amide bonds. The number of benzene rings is 1. The third kappa shape index (κ3) is 5.81. The lowest BCUT2D eigenvalue weighted by atomic mass is 10.1. The largest absolute Gasteiger partial charge is 0.369 e. The lowest BCUT2D eigenvalue weighted by molar-refractivity contribution is 0.421. The number of aromatic nitrogens is 3. The molecule has 31 heavy (non-hydrogen) atoms. The molecule has 4 rings (SSSR count). The minimum Gasteiger partial charge on any atom is -0.369 e. The maximum atomic E-state index is 5.32. The average molecular weight is 420 g/mol. The van der Waals surface area contributed by atoms with Gasteiger partial charge < -0.3 is 20.1 Å². The van der Waals surface area contributed by atoms with Crippen molar-refractivity contribution in [3.63, 3.8) is 0 Å². The lowest BCUT2D eigenvalue weighted by Crippen LogP contribution is -2.51. The van der Waals surface area contributed by atoms with Gasteiger partial charge in [-0.2, -0.15) is 4.98 Å². The topological polar surface area (TPSA) is 91.5 Å². The summed E-state index contributed by atoms with van der Waals surface area (Å²) in [4.78, 5) is 15.8. The van der Waals surface area contributed by atoms with E-state index in [0.29, 0.717) is 36.4 Å². The van der Waals surface area contributed by atoms with E-state index >= 15 is 0 Å². The Balaban J connectivity index is 1.32. The van der Waals surface area contributed by atoms with Gasteiger partial charge in [-0.3, -0.25) is 9.98 Å². The molecule has 0 bridgehead atoms. The normalized spacial score (nSPS) is 16.9. The number of guanidine groups is 1. The number of para-hydroxylation sites is 1. The van der Waals surface area contributed by atoms with Crippen LogP contribution in [0.5, 0.6) is 0 Å². The van der Waals surface area contributed by atoms with E-state index in [1.54, 1.807) is 6.20 Å². The quantitative estimate of drug-likeness (QED) is 0.449. The highest BCUT2D eigenvalue weighted by Crippen LogP contribution is 2.19. The predicted molar refractivity (Wildman–Crippen MR) is 122 cm³/mol. The van der Waals surface area contributed by atoms with Gasteiger partial charge in [0, 0.05) is 50.5 Å². The standard InChI is InChI=1S/C23H29N7O/c1-2-24-23(27-18-9-8-16-30(17-18)19-10-4-3-5-11-19)26-15-13-21-28-22(31-29-21)20-12-6-7-14-25-20/h3-7,10-12,14,18H,2,8-9,13,15-17H2,1H3,(H2,24,26,27). The van der Waals surface area contributed by atoms with Crippen LogP contribution in [0.1, 0.15) is 25.6 Å². The molecule has 1 fully saturated rings. The Kier molecular flexibility index (Phi) is 7.10. The summed E-state index contributed by atoms with van der Waals surface area (Å²) in [7, 11) is 0. The van der Waals surface area contributed by atoms with Crippen molar-refractivity contribution < 1.29 is 4.52 Å². The zero-order chi connectivity index (χ0) is 21.3. The Labute approximate surface area is 182 Å². The highest BCUT2D eigenvalue weighted by atomic mass is 16.5. The zero-order valence-corrected chi connectivity index (χ0v) is 17.9. The summed E-state index contributed by atoms with van der Waals surface area (Å²) in [6.45, 7) is 5.52. The maximum Gasteiger partial charge on any atom is 0.276 e. The fourth-order valence-corrected chi connectivity index (χ4v) is 3.70. The van der Waals surface area contributed by atoms with E-state index in [-0.39, 0.29) is 0 Å². The fraction of sp³-hybridized carbons (Fsp3) is 0.391. The van der Waals surface area contributed by atoms with Crippen LogP contribution in [0.4, 0.5) is 5.69 Å². The second-order valence-electron chi connectivity index (χ2n) is 7.51. The van der Waals surface area contributed by atoms with Crippen LogP contribution in [0.3, 0.4) is 0 Å². The molecule has 8 heteroatoms. The third-order valence-corrected chi connectivity index (χ3v) is 5.19. The van der Waals surface area contributed by atoms with Gasteiger partial charge in [0.25, 0.3) is 5.89 Å². The molecule has 0 spiro atoms. The van der Waals surface area contributed by atoms with Crippen LogP contribution in [-0.2, 0) is 6.42 Å². The van der Waals surface area contributed by atoms with Gasteiger partial charge in [0.1, 0.15) is 5.69 Å². The van der Waals surface area contributed by atoms with Crippen LogP contribution in [-0.4, -0.2) is 53.3 Å². The summed E-state index contributed by atoms with van der Waals surface area (Å²) in [6.07, 6.45) is 4.60. The molecule has 3 aromatic rings. The number of aliphatic imine (C=N–C) groups is 1. The first-order chi connectivity index (χ1) is 15.3. The molecular formula is C23H29N7O. The van der Waals surface area contributed by atoms with Crippen molar-refractivity contribution in [1.82, 2.24) is 25.8 Å². The van der Waals surface area contributed by atoms with E-state index in [1.807, 2.05) is 18.2 Å². The summed E-state index contributed by atoms with van der Waals surface area (Å²) in [5.41, 5.74) is 1.96. The minimum absolute atomic E-state index is 0.354. The van der Waals surface area contributed by atoms with Crippen molar-refractivity contribution in [2.24, 2.45) is 4.99 Å². The number of rotatable bonds is 7. The number of pyridine rings is 1. The highest BCUT2D eigenvalue weighted by Gasteiger charge is 2.21. The van der Waals surface area contributed by atoms with Crippen molar-refractivity contribution in [2.75, 3.05) is 31.1 Å². The van der Waals surface area contributed by atoms with E-state index in [9.17, 15) is 0 Å². The molecule has 1 aliphatic rings. The number of nitrogens with zero attached hydrogens (tertiary/aromatic N) is 5. The van der Waals surface area contributed by atoms with Crippen molar-refractivity contribution >= 4 is 11.6 Å². The first-order valence-corrected chi connectivity index (χ1v) is 10.9. The van der Waals surface area contributed by atoms with Crippen molar-refractivity contribution in [2.45, 2.75) is 32.2 Å². The van der Waals surface area contributed by atoms with Crippen molar-refractivity contribution in [3.8, 4) is 11.6 Å². The predicted octanol–water partition coefficient (Wildman–Crippen LogP) is 2.90. The SMILES string of the molecule is CCNC(=NCCc1noc(-c2ccccn2)n1)NC1CCCN(c2ccccc2)C1. The van der Waals surface area contributed by atoms with Crippen LogP contribution in [0, 0.1) is 0 Å². The molecule has 2 aromatic heterocycles. The fourth-order valence-electron chi connectivity index (χ4n) is 3.70. The third-order valence-electron chi connectivity index (χ3n) is 5.19. The Hall–Kier alpha value is -3.42. The molecule has 0 aliphatic carbocycles. The van der Waals surface area contributed by atoms with Crippen LogP contribution in [0.25, 0.3) is 11.6 Å². The molecule has 162 valence electrons. The molecule has 0 radical (unpaired) electrons. The van der Waals surface area contributed by atoms with Gasteiger partial charge in [-0.25, -0.2) is 0 Å². The van der Waals surface area contributed by atoms with E-state index in [2.05, 4.69) is 67.9 Å². The van der Waals surface area contributed by atoms with E-state index in [0.717, 1.165) is 38.4 Å². The molecule has 3 heterocycles. The van der Waals surface area contributed by atoms with Gasteiger partial charge in [0.05, 0.1) is 0 Å². The Bertz CT molecular complexity index is 958. The van der Waals surface area contributed by atoms with Gasteiger partial charge in [0.15, 0.2) is 11.8 Å². The van der Waals surface area contributed by atoms with Gasteiger partial charge in [-0.05, 0) is 44.0 Å². The summed E-state index contributed by atoms with van der Waals surface area (Å²) in [6, 6.07) is 16.5. The van der Waals surface area contributed by atoms with Gasteiger partial charge >= 0.3 is 0 Å². The first-order valence-electron chi connectivity index (χ1n) is 10.9. The summed E-state index contributed by atoms with van der Waals surface area (Å²) in [5, 5.41) is 11.0. The highest BCUT2D eigenvalue weighted by molar-refractivity contribution is 5.80. The summed E-state index contributed by atoms with van der Waals surface area (Å²) in [5.74, 6) is 1.90. The maximum absolute atomic E-state index is 5.32. The van der Waals surface area contributed by atoms with Gasteiger partial charge in [0.2, 0.25) is 0 Å². The van der Waals surface area contributed by atoms with Crippen LogP contribution in [0.15, 0.2) is 64.2 Å².